The predicted octanol–water partition coefficient (Wildman–Crippen LogP) is 4.10. The minimum atomic E-state index is -0.469. The number of hydrogen-bond acceptors (Lipinski definition) is 4. The molecule has 4 fully saturated rings. The summed E-state index contributed by atoms with van der Waals surface area (Å²) in [4.78, 5) is 12.7. The fraction of sp³-hybridized carbons (Fsp3) is 0.885. The molecule has 0 saturated heterocycles. The highest BCUT2D eigenvalue weighted by molar-refractivity contribution is 5.87. The Bertz CT molecular complexity index is 675. The van der Waals surface area contributed by atoms with Gasteiger partial charge in [0.2, 0.25) is 0 Å². The zero-order chi connectivity index (χ0) is 21.5. The van der Waals surface area contributed by atoms with Crippen LogP contribution in [-0.2, 0) is 4.79 Å². The second-order valence-electron chi connectivity index (χ2n) is 11.3. The van der Waals surface area contributed by atoms with E-state index in [0.29, 0.717) is 30.0 Å². The first-order valence-corrected chi connectivity index (χ1v) is 12.5. The summed E-state index contributed by atoms with van der Waals surface area (Å²) in [7, 11) is 2.01. The molecule has 4 nitrogen and oxygen atoms in total. The van der Waals surface area contributed by atoms with Crippen LogP contribution in [0.5, 0.6) is 0 Å². The van der Waals surface area contributed by atoms with E-state index in [1.54, 1.807) is 5.57 Å². The first-order valence-electron chi connectivity index (χ1n) is 12.5. The molecule has 4 unspecified atom stereocenters. The molecule has 0 aromatic carbocycles. The fourth-order valence-corrected chi connectivity index (χ4v) is 8.24. The highest BCUT2D eigenvalue weighted by atomic mass is 16.3. The van der Waals surface area contributed by atoms with Gasteiger partial charge in [-0.3, -0.25) is 4.79 Å². The highest BCUT2D eigenvalue weighted by Crippen LogP contribution is 2.67. The molecule has 8 atom stereocenters. The van der Waals surface area contributed by atoms with Gasteiger partial charge in [0.15, 0.2) is 0 Å². The summed E-state index contributed by atoms with van der Waals surface area (Å²) in [6.45, 7) is 5.76. The third-order valence-corrected chi connectivity index (χ3v) is 10.1. The van der Waals surface area contributed by atoms with Crippen molar-refractivity contribution in [2.75, 3.05) is 20.2 Å². The van der Waals surface area contributed by atoms with Crippen LogP contribution in [0.4, 0.5) is 0 Å². The summed E-state index contributed by atoms with van der Waals surface area (Å²) >= 11 is 0. The number of ketones is 1. The van der Waals surface area contributed by atoms with Crippen LogP contribution >= 0.6 is 0 Å². The van der Waals surface area contributed by atoms with Crippen LogP contribution in [0.3, 0.4) is 0 Å². The Morgan fingerprint density at radius 2 is 1.90 bits per heavy atom. The maximum Gasteiger partial charge on any atom is 0.139 e. The molecule has 0 bridgehead atoms. The molecule has 30 heavy (non-hydrogen) atoms. The molecule has 0 aromatic heterocycles. The molecule has 0 amide bonds. The van der Waals surface area contributed by atoms with Gasteiger partial charge in [0.25, 0.3) is 0 Å². The summed E-state index contributed by atoms with van der Waals surface area (Å²) in [5, 5.41) is 25.1. The van der Waals surface area contributed by atoms with Crippen LogP contribution in [-0.4, -0.2) is 42.3 Å². The first-order chi connectivity index (χ1) is 14.4. The zero-order valence-electron chi connectivity index (χ0n) is 19.3. The normalized spacial score (nSPS) is 47.1. The second-order valence-corrected chi connectivity index (χ2v) is 11.3. The van der Waals surface area contributed by atoms with Crippen LogP contribution in [0, 0.1) is 40.4 Å². The van der Waals surface area contributed by atoms with Gasteiger partial charge in [-0.25, -0.2) is 0 Å². The summed E-state index contributed by atoms with van der Waals surface area (Å²) in [6.07, 6.45) is 12.6. The second kappa shape index (κ2) is 8.67. The number of rotatable bonds is 6. The monoisotopic (exact) mass is 417 g/mol. The third-order valence-electron chi connectivity index (χ3n) is 10.1. The van der Waals surface area contributed by atoms with E-state index in [2.05, 4.69) is 25.2 Å². The van der Waals surface area contributed by atoms with Crippen molar-refractivity contribution in [1.82, 2.24) is 5.32 Å². The fourth-order valence-electron chi connectivity index (χ4n) is 8.24. The Balaban J connectivity index is 1.55. The van der Waals surface area contributed by atoms with E-state index in [0.717, 1.165) is 45.1 Å². The van der Waals surface area contributed by atoms with E-state index < -0.39 is 6.10 Å². The Labute approximate surface area is 182 Å². The average Bonchev–Trinajstić information content (AvgIpc) is 3.04. The SMILES string of the molecule is CNCCCC/C=C1/CC[C@]2(C)C3CC[C@]4(C)C(=O)CCC4C3[C@H](O)[C@H](CO)C2C1. The molecule has 4 aliphatic rings. The molecule has 0 heterocycles. The molecular weight excluding hydrogens is 374 g/mol. The van der Waals surface area contributed by atoms with Crippen molar-refractivity contribution >= 4 is 5.78 Å². The molecule has 3 N–H and O–H groups in total. The van der Waals surface area contributed by atoms with E-state index in [9.17, 15) is 15.0 Å². The summed E-state index contributed by atoms with van der Waals surface area (Å²) in [5.74, 6) is 1.69. The lowest BCUT2D eigenvalue weighted by molar-refractivity contribution is -0.191. The molecule has 4 heteroatoms. The third kappa shape index (κ3) is 3.51. The molecule has 0 aromatic rings. The molecule has 0 aliphatic heterocycles. The number of aliphatic hydroxyl groups is 2. The standard InChI is InChI=1S/C26H43NO3/c1-25-12-10-17(7-5-4-6-14-27-3)15-21(25)18(16-28)24(30)23-19-8-9-22(29)26(19,2)13-11-20(23)25/h7,18-21,23-24,27-28,30H,4-6,8-16H2,1-3H3/b17-7-/t18-,19?,20?,21?,23?,24-,25-,26+/m1/s1. The quantitative estimate of drug-likeness (QED) is 0.449. The van der Waals surface area contributed by atoms with Crippen molar-refractivity contribution in [3.8, 4) is 0 Å². The summed E-state index contributed by atoms with van der Waals surface area (Å²) in [5.41, 5.74) is 1.48. The number of hydrogen-bond donors (Lipinski definition) is 3. The van der Waals surface area contributed by atoms with Gasteiger partial charge < -0.3 is 15.5 Å². The van der Waals surface area contributed by atoms with Crippen molar-refractivity contribution < 1.29 is 15.0 Å². The molecule has 4 aliphatic carbocycles. The molecule has 170 valence electrons. The van der Waals surface area contributed by atoms with Crippen molar-refractivity contribution in [2.24, 2.45) is 40.4 Å². The minimum absolute atomic E-state index is 0.0534. The van der Waals surface area contributed by atoms with E-state index >= 15 is 0 Å². The Kier molecular flexibility index (Phi) is 6.50. The number of fused-ring (bicyclic) bond motifs is 5. The van der Waals surface area contributed by atoms with Crippen molar-refractivity contribution in [3.63, 3.8) is 0 Å². The maximum atomic E-state index is 12.7. The van der Waals surface area contributed by atoms with Crippen LogP contribution in [0.25, 0.3) is 0 Å². The molecular formula is C26H43NO3. The van der Waals surface area contributed by atoms with E-state index in [1.165, 1.54) is 19.3 Å². The largest absolute Gasteiger partial charge is 0.396 e. The molecule has 0 radical (unpaired) electrons. The number of nitrogens with one attached hydrogen (secondary N) is 1. The molecule has 0 spiro atoms. The lowest BCUT2D eigenvalue weighted by Gasteiger charge is -2.63. The molecule has 4 saturated carbocycles. The first kappa shape index (κ1) is 22.5. The summed E-state index contributed by atoms with van der Waals surface area (Å²) in [6, 6.07) is 0. The smallest absolute Gasteiger partial charge is 0.139 e. The highest BCUT2D eigenvalue weighted by Gasteiger charge is 2.64. The topological polar surface area (TPSA) is 69.6 Å². The number of Topliss-reactive ketones (excluding diaryl/α,β-unsaturated/α-hetero) is 1. The lowest BCUT2D eigenvalue weighted by atomic mass is 9.42. The van der Waals surface area contributed by atoms with Gasteiger partial charge in [0.05, 0.1) is 6.10 Å². The number of aliphatic hydroxyl groups excluding tert-OH is 2. The van der Waals surface area contributed by atoms with Gasteiger partial charge in [0, 0.05) is 24.4 Å². The Morgan fingerprint density at radius 1 is 1.10 bits per heavy atom. The van der Waals surface area contributed by atoms with E-state index in [1.807, 2.05) is 7.05 Å². The van der Waals surface area contributed by atoms with Crippen molar-refractivity contribution in [1.29, 1.82) is 0 Å². The van der Waals surface area contributed by atoms with Crippen LogP contribution in [0.2, 0.25) is 0 Å². The maximum absolute atomic E-state index is 12.7. The van der Waals surface area contributed by atoms with Gasteiger partial charge in [-0.15, -0.1) is 0 Å². The van der Waals surface area contributed by atoms with Crippen molar-refractivity contribution in [2.45, 2.75) is 84.2 Å². The Morgan fingerprint density at radius 3 is 2.63 bits per heavy atom. The van der Waals surface area contributed by atoms with Gasteiger partial charge in [0.1, 0.15) is 5.78 Å². The summed E-state index contributed by atoms with van der Waals surface area (Å²) < 4.78 is 0. The van der Waals surface area contributed by atoms with E-state index in [4.69, 9.17) is 0 Å². The minimum Gasteiger partial charge on any atom is -0.396 e. The number of carbonyl (C=O) groups is 1. The van der Waals surface area contributed by atoms with Gasteiger partial charge in [-0.2, -0.15) is 0 Å². The molecule has 4 rings (SSSR count). The predicted molar refractivity (Wildman–Crippen MR) is 120 cm³/mol. The van der Waals surface area contributed by atoms with Gasteiger partial charge in [-0.05, 0) is 100 Å². The Hall–Kier alpha value is -0.710. The van der Waals surface area contributed by atoms with Gasteiger partial charge >= 0.3 is 0 Å². The van der Waals surface area contributed by atoms with Crippen molar-refractivity contribution in [3.05, 3.63) is 11.6 Å². The van der Waals surface area contributed by atoms with Crippen LogP contribution in [0.15, 0.2) is 11.6 Å². The number of unbranched alkanes of at least 4 members (excludes halogenated alkanes) is 2. The van der Waals surface area contributed by atoms with E-state index in [-0.39, 0.29) is 29.3 Å². The van der Waals surface area contributed by atoms with Gasteiger partial charge in [-0.1, -0.05) is 25.5 Å². The number of allylic oxidation sites excluding steroid dienone is 2. The average molecular weight is 418 g/mol. The lowest BCUT2D eigenvalue weighted by Crippen LogP contribution is -2.62. The van der Waals surface area contributed by atoms with Crippen LogP contribution < -0.4 is 5.32 Å². The van der Waals surface area contributed by atoms with Crippen LogP contribution in [0.1, 0.15) is 78.1 Å². The number of carbonyl (C=O) groups excluding carboxylic acids is 1. The zero-order valence-corrected chi connectivity index (χ0v) is 19.3.